The third-order valence-electron chi connectivity index (χ3n) is 3.04. The van der Waals surface area contributed by atoms with Gasteiger partial charge in [0, 0.05) is 31.8 Å². The van der Waals surface area contributed by atoms with Crippen LogP contribution in [0.15, 0.2) is 18.2 Å². The summed E-state index contributed by atoms with van der Waals surface area (Å²) in [6.07, 6.45) is 0. The molecular formula is C12H16N2O3. The monoisotopic (exact) mass is 236 g/mol. The number of ether oxygens (including phenoxy) is 1. The van der Waals surface area contributed by atoms with Gasteiger partial charge in [0.2, 0.25) is 0 Å². The normalized spacial score (nSPS) is 17.0. The first-order chi connectivity index (χ1) is 8.16. The fraction of sp³-hybridized carbons (Fsp3) is 0.500. The zero-order valence-electron chi connectivity index (χ0n) is 9.89. The van der Waals surface area contributed by atoms with Crippen molar-refractivity contribution in [3.63, 3.8) is 0 Å². The standard InChI is InChI=1S/C12H16N2O3/c1-10-2-3-12(14(15)16)8-11(10)9-13-4-6-17-7-5-13/h2-3,8H,4-7,9H2,1H3. The van der Waals surface area contributed by atoms with E-state index in [4.69, 9.17) is 4.74 Å². The van der Waals surface area contributed by atoms with Crippen molar-refractivity contribution >= 4 is 5.69 Å². The van der Waals surface area contributed by atoms with E-state index in [2.05, 4.69) is 4.90 Å². The van der Waals surface area contributed by atoms with Crippen molar-refractivity contribution in [3.8, 4) is 0 Å². The van der Waals surface area contributed by atoms with Gasteiger partial charge in [-0.2, -0.15) is 0 Å². The van der Waals surface area contributed by atoms with E-state index in [0.717, 1.165) is 44.0 Å². The van der Waals surface area contributed by atoms with Crippen LogP contribution in [0.1, 0.15) is 11.1 Å². The van der Waals surface area contributed by atoms with Gasteiger partial charge in [-0.1, -0.05) is 6.07 Å². The Morgan fingerprint density at radius 2 is 2.12 bits per heavy atom. The molecule has 1 aromatic rings. The maximum Gasteiger partial charge on any atom is 0.269 e. The minimum absolute atomic E-state index is 0.166. The molecule has 1 aromatic carbocycles. The Labute approximate surface area is 100 Å². The predicted molar refractivity (Wildman–Crippen MR) is 63.9 cm³/mol. The average Bonchev–Trinajstić information content (AvgIpc) is 2.33. The highest BCUT2D eigenvalue weighted by Crippen LogP contribution is 2.19. The van der Waals surface area contributed by atoms with Gasteiger partial charge in [-0.05, 0) is 18.1 Å². The molecule has 1 saturated heterocycles. The van der Waals surface area contributed by atoms with E-state index in [1.807, 2.05) is 13.0 Å². The summed E-state index contributed by atoms with van der Waals surface area (Å²) < 4.78 is 5.28. The first-order valence-corrected chi connectivity index (χ1v) is 5.71. The number of nitrogens with zero attached hydrogens (tertiary/aromatic N) is 2. The van der Waals surface area contributed by atoms with E-state index in [1.54, 1.807) is 12.1 Å². The minimum Gasteiger partial charge on any atom is -0.379 e. The maximum absolute atomic E-state index is 10.7. The number of rotatable bonds is 3. The topological polar surface area (TPSA) is 55.6 Å². The van der Waals surface area contributed by atoms with Crippen LogP contribution in [0.5, 0.6) is 0 Å². The molecule has 0 unspecified atom stereocenters. The van der Waals surface area contributed by atoms with E-state index in [9.17, 15) is 10.1 Å². The molecule has 0 radical (unpaired) electrons. The molecule has 5 nitrogen and oxygen atoms in total. The van der Waals surface area contributed by atoms with Gasteiger partial charge in [0.1, 0.15) is 0 Å². The predicted octanol–water partition coefficient (Wildman–Crippen LogP) is 1.74. The van der Waals surface area contributed by atoms with Crippen LogP contribution in [0.4, 0.5) is 5.69 Å². The summed E-state index contributed by atoms with van der Waals surface area (Å²) in [5.41, 5.74) is 2.29. The SMILES string of the molecule is Cc1ccc([N+](=O)[O-])cc1CN1CCOCC1. The zero-order valence-corrected chi connectivity index (χ0v) is 9.89. The molecular weight excluding hydrogens is 220 g/mol. The molecule has 0 aromatic heterocycles. The summed E-state index contributed by atoms with van der Waals surface area (Å²) in [6, 6.07) is 5.04. The third-order valence-corrected chi connectivity index (χ3v) is 3.04. The van der Waals surface area contributed by atoms with E-state index < -0.39 is 0 Å². The second-order valence-electron chi connectivity index (χ2n) is 4.26. The largest absolute Gasteiger partial charge is 0.379 e. The molecule has 0 bridgehead atoms. The summed E-state index contributed by atoms with van der Waals surface area (Å²) in [6.45, 7) is 6.02. The Morgan fingerprint density at radius 1 is 1.41 bits per heavy atom. The van der Waals surface area contributed by atoms with E-state index in [-0.39, 0.29) is 10.6 Å². The van der Waals surface area contributed by atoms with Gasteiger partial charge < -0.3 is 4.74 Å². The Balaban J connectivity index is 2.13. The first-order valence-electron chi connectivity index (χ1n) is 5.71. The third kappa shape index (κ3) is 3.01. The number of benzene rings is 1. The van der Waals surface area contributed by atoms with Crippen LogP contribution in [0.3, 0.4) is 0 Å². The number of non-ortho nitro benzene ring substituents is 1. The molecule has 5 heteroatoms. The highest BCUT2D eigenvalue weighted by molar-refractivity contribution is 5.39. The van der Waals surface area contributed by atoms with Crippen molar-refractivity contribution in [2.75, 3.05) is 26.3 Å². The van der Waals surface area contributed by atoms with Crippen molar-refractivity contribution in [2.45, 2.75) is 13.5 Å². The average molecular weight is 236 g/mol. The number of hydrogen-bond acceptors (Lipinski definition) is 4. The molecule has 2 rings (SSSR count). The van der Waals surface area contributed by atoms with Crippen molar-refractivity contribution in [1.29, 1.82) is 0 Å². The lowest BCUT2D eigenvalue weighted by Crippen LogP contribution is -2.35. The van der Waals surface area contributed by atoms with E-state index in [0.29, 0.717) is 0 Å². The fourth-order valence-corrected chi connectivity index (χ4v) is 1.94. The van der Waals surface area contributed by atoms with Crippen molar-refractivity contribution < 1.29 is 9.66 Å². The van der Waals surface area contributed by atoms with Crippen molar-refractivity contribution in [3.05, 3.63) is 39.4 Å². The number of aryl methyl sites for hydroxylation is 1. The summed E-state index contributed by atoms with van der Waals surface area (Å²) in [7, 11) is 0. The molecule has 0 N–H and O–H groups in total. The van der Waals surface area contributed by atoms with Crippen LogP contribution in [0.25, 0.3) is 0 Å². The number of nitro benzene ring substituents is 1. The van der Waals surface area contributed by atoms with Crippen molar-refractivity contribution in [1.82, 2.24) is 4.90 Å². The molecule has 0 spiro atoms. The molecule has 0 atom stereocenters. The Morgan fingerprint density at radius 3 is 2.76 bits per heavy atom. The Kier molecular flexibility index (Phi) is 3.71. The summed E-state index contributed by atoms with van der Waals surface area (Å²) >= 11 is 0. The lowest BCUT2D eigenvalue weighted by atomic mass is 10.1. The van der Waals surface area contributed by atoms with Crippen LogP contribution >= 0.6 is 0 Å². The molecule has 0 amide bonds. The summed E-state index contributed by atoms with van der Waals surface area (Å²) in [5, 5.41) is 10.7. The van der Waals surface area contributed by atoms with Gasteiger partial charge in [-0.15, -0.1) is 0 Å². The second kappa shape index (κ2) is 5.25. The Bertz CT molecular complexity index is 414. The maximum atomic E-state index is 10.7. The van der Waals surface area contributed by atoms with Crippen LogP contribution < -0.4 is 0 Å². The molecule has 92 valence electrons. The Hall–Kier alpha value is -1.46. The number of nitro groups is 1. The highest BCUT2D eigenvalue weighted by atomic mass is 16.6. The van der Waals surface area contributed by atoms with Crippen LogP contribution in [-0.2, 0) is 11.3 Å². The van der Waals surface area contributed by atoms with Gasteiger partial charge in [-0.25, -0.2) is 0 Å². The summed E-state index contributed by atoms with van der Waals surface area (Å²) in [4.78, 5) is 12.6. The lowest BCUT2D eigenvalue weighted by Gasteiger charge is -2.27. The molecule has 0 saturated carbocycles. The lowest BCUT2D eigenvalue weighted by molar-refractivity contribution is -0.384. The fourth-order valence-electron chi connectivity index (χ4n) is 1.94. The molecule has 1 heterocycles. The molecule has 17 heavy (non-hydrogen) atoms. The number of hydrogen-bond donors (Lipinski definition) is 0. The van der Waals surface area contributed by atoms with Gasteiger partial charge >= 0.3 is 0 Å². The van der Waals surface area contributed by atoms with E-state index >= 15 is 0 Å². The van der Waals surface area contributed by atoms with E-state index in [1.165, 1.54) is 0 Å². The van der Waals surface area contributed by atoms with Gasteiger partial charge in [0.15, 0.2) is 0 Å². The molecule has 1 aliphatic rings. The number of morpholine rings is 1. The zero-order chi connectivity index (χ0) is 12.3. The smallest absolute Gasteiger partial charge is 0.269 e. The first kappa shape index (κ1) is 12.0. The quantitative estimate of drug-likeness (QED) is 0.592. The molecule has 0 aliphatic carbocycles. The van der Waals surface area contributed by atoms with Crippen molar-refractivity contribution in [2.24, 2.45) is 0 Å². The molecule has 1 aliphatic heterocycles. The summed E-state index contributed by atoms with van der Waals surface area (Å²) in [5.74, 6) is 0. The van der Waals surface area contributed by atoms with Crippen LogP contribution in [0, 0.1) is 17.0 Å². The molecule has 1 fully saturated rings. The van der Waals surface area contributed by atoms with Crippen LogP contribution in [-0.4, -0.2) is 36.1 Å². The van der Waals surface area contributed by atoms with Gasteiger partial charge in [0.25, 0.3) is 5.69 Å². The second-order valence-corrected chi connectivity index (χ2v) is 4.26. The van der Waals surface area contributed by atoms with Gasteiger partial charge in [-0.3, -0.25) is 15.0 Å². The van der Waals surface area contributed by atoms with Crippen LogP contribution in [0.2, 0.25) is 0 Å². The van der Waals surface area contributed by atoms with Gasteiger partial charge in [0.05, 0.1) is 18.1 Å². The highest BCUT2D eigenvalue weighted by Gasteiger charge is 2.14. The minimum atomic E-state index is -0.345.